The molecule has 0 atom stereocenters. The Hall–Kier alpha value is -1.28. The van der Waals surface area contributed by atoms with Crippen LogP contribution in [0.5, 0.6) is 0 Å². The third-order valence-electron chi connectivity index (χ3n) is 3.74. The molecule has 0 aliphatic heterocycles. The number of carbonyl (C=O) groups excluding carboxylic acids is 1. The number of nitrogen functional groups attached to an aromatic ring is 1. The summed E-state index contributed by atoms with van der Waals surface area (Å²) in [6, 6.07) is 0. The van der Waals surface area contributed by atoms with Gasteiger partial charge < -0.3 is 16.4 Å². The minimum atomic E-state index is -3.52. The Morgan fingerprint density at radius 2 is 1.95 bits per heavy atom. The summed E-state index contributed by atoms with van der Waals surface area (Å²) in [5.41, 5.74) is 5.71. The van der Waals surface area contributed by atoms with Gasteiger partial charge in [-0.05, 0) is 32.6 Å². The van der Waals surface area contributed by atoms with Crippen molar-refractivity contribution in [1.82, 2.24) is 5.32 Å². The largest absolute Gasteiger partial charge is 0.396 e. The van der Waals surface area contributed by atoms with Gasteiger partial charge >= 0.3 is 0 Å². The highest BCUT2D eigenvalue weighted by Gasteiger charge is 2.39. The van der Waals surface area contributed by atoms with E-state index in [1.807, 2.05) is 13.8 Å². The second kappa shape index (κ2) is 5.17. The molecule has 1 fully saturated rings. The zero-order valence-corrected chi connectivity index (χ0v) is 14.2. The quantitative estimate of drug-likeness (QED) is 0.762. The summed E-state index contributed by atoms with van der Waals surface area (Å²) in [5, 5.41) is 6.21. The molecular formula is C13H21N3O3S2. The average Bonchev–Trinajstić information content (AvgIpc) is 3.13. The van der Waals surface area contributed by atoms with Crippen LogP contribution in [0.1, 0.15) is 36.4 Å². The Labute approximate surface area is 129 Å². The van der Waals surface area contributed by atoms with Crippen LogP contribution in [0.3, 0.4) is 0 Å². The minimum Gasteiger partial charge on any atom is -0.396 e. The first kappa shape index (κ1) is 16.1. The van der Waals surface area contributed by atoms with E-state index in [4.69, 9.17) is 5.73 Å². The molecule has 4 N–H and O–H groups in total. The van der Waals surface area contributed by atoms with Crippen molar-refractivity contribution in [2.24, 2.45) is 5.92 Å². The second-order valence-electron chi connectivity index (χ2n) is 5.98. The van der Waals surface area contributed by atoms with Crippen LogP contribution in [-0.2, 0) is 9.84 Å². The molecule has 1 aromatic heterocycles. The number of amides is 1. The van der Waals surface area contributed by atoms with Gasteiger partial charge in [0.25, 0.3) is 5.91 Å². The number of carbonyl (C=O) groups is 1. The molecule has 1 aliphatic rings. The van der Waals surface area contributed by atoms with E-state index >= 15 is 0 Å². The topological polar surface area (TPSA) is 101 Å². The fourth-order valence-electron chi connectivity index (χ4n) is 2.36. The molecular weight excluding hydrogens is 310 g/mol. The van der Waals surface area contributed by atoms with Crippen LogP contribution in [0.25, 0.3) is 0 Å². The van der Waals surface area contributed by atoms with Crippen molar-refractivity contribution in [2.45, 2.75) is 37.1 Å². The first-order chi connectivity index (χ1) is 9.58. The first-order valence-corrected chi connectivity index (χ1v) is 9.41. The van der Waals surface area contributed by atoms with E-state index in [0.29, 0.717) is 10.9 Å². The number of rotatable bonds is 5. The standard InChI is InChI=1S/C13H21N3O3S2/c1-13(2,7-5-6-7)16-12-10(21(4,18)19)8(14)9(20-12)11(17)15-3/h7,16H,5-6,14H2,1-4H3,(H,15,17). The first-order valence-electron chi connectivity index (χ1n) is 6.70. The Kier molecular flexibility index (Phi) is 3.96. The summed E-state index contributed by atoms with van der Waals surface area (Å²) in [4.78, 5) is 12.1. The van der Waals surface area contributed by atoms with E-state index in [9.17, 15) is 13.2 Å². The van der Waals surface area contributed by atoms with Gasteiger partial charge in [-0.15, -0.1) is 11.3 Å². The maximum Gasteiger partial charge on any atom is 0.263 e. The molecule has 0 radical (unpaired) electrons. The van der Waals surface area contributed by atoms with Gasteiger partial charge in [0, 0.05) is 18.8 Å². The van der Waals surface area contributed by atoms with Crippen molar-refractivity contribution < 1.29 is 13.2 Å². The van der Waals surface area contributed by atoms with Gasteiger partial charge in [0.2, 0.25) is 0 Å². The molecule has 8 heteroatoms. The fraction of sp³-hybridized carbons (Fsp3) is 0.615. The zero-order valence-electron chi connectivity index (χ0n) is 12.6. The minimum absolute atomic E-state index is 0.0240. The highest BCUT2D eigenvalue weighted by Crippen LogP contribution is 2.45. The van der Waals surface area contributed by atoms with Gasteiger partial charge in [-0.3, -0.25) is 4.79 Å². The van der Waals surface area contributed by atoms with Gasteiger partial charge in [0.05, 0.1) is 5.69 Å². The number of hydrogen-bond acceptors (Lipinski definition) is 6. The molecule has 0 unspecified atom stereocenters. The Balaban J connectivity index is 2.51. The molecule has 6 nitrogen and oxygen atoms in total. The van der Waals surface area contributed by atoms with Gasteiger partial charge in [-0.1, -0.05) is 0 Å². The van der Waals surface area contributed by atoms with Crippen LogP contribution in [0.4, 0.5) is 10.7 Å². The van der Waals surface area contributed by atoms with Crippen molar-refractivity contribution in [2.75, 3.05) is 24.4 Å². The zero-order chi connectivity index (χ0) is 16.0. The number of anilines is 2. The lowest BCUT2D eigenvalue weighted by Gasteiger charge is -2.27. The van der Waals surface area contributed by atoms with Crippen molar-refractivity contribution in [1.29, 1.82) is 0 Å². The van der Waals surface area contributed by atoms with Gasteiger partial charge in [0.1, 0.15) is 14.8 Å². The molecule has 2 rings (SSSR count). The monoisotopic (exact) mass is 331 g/mol. The summed E-state index contributed by atoms with van der Waals surface area (Å²) in [5.74, 6) is 0.136. The Morgan fingerprint density at radius 3 is 2.38 bits per heavy atom. The van der Waals surface area contributed by atoms with E-state index in [1.165, 1.54) is 7.05 Å². The molecule has 21 heavy (non-hydrogen) atoms. The number of hydrogen-bond donors (Lipinski definition) is 3. The Bertz CT molecular complexity index is 673. The van der Waals surface area contributed by atoms with Gasteiger partial charge in [0.15, 0.2) is 9.84 Å². The molecule has 0 bridgehead atoms. The lowest BCUT2D eigenvalue weighted by atomic mass is 9.99. The van der Waals surface area contributed by atoms with E-state index in [-0.39, 0.29) is 26.9 Å². The van der Waals surface area contributed by atoms with E-state index in [2.05, 4.69) is 10.6 Å². The molecule has 1 heterocycles. The molecule has 1 aliphatic carbocycles. The summed E-state index contributed by atoms with van der Waals surface area (Å²) in [6.07, 6.45) is 3.35. The number of nitrogens with one attached hydrogen (secondary N) is 2. The average molecular weight is 331 g/mol. The highest BCUT2D eigenvalue weighted by molar-refractivity contribution is 7.91. The van der Waals surface area contributed by atoms with Crippen molar-refractivity contribution in [3.05, 3.63) is 4.88 Å². The molecule has 1 saturated carbocycles. The van der Waals surface area contributed by atoms with Crippen LogP contribution in [0.2, 0.25) is 0 Å². The van der Waals surface area contributed by atoms with Crippen molar-refractivity contribution in [3.8, 4) is 0 Å². The van der Waals surface area contributed by atoms with Gasteiger partial charge in [-0.25, -0.2) is 8.42 Å². The number of nitrogens with two attached hydrogens (primary N) is 1. The predicted octanol–water partition coefficient (Wildman–Crippen LogP) is 1.69. The molecule has 0 aromatic carbocycles. The molecule has 0 saturated heterocycles. The lowest BCUT2D eigenvalue weighted by Crippen LogP contribution is -2.33. The second-order valence-corrected chi connectivity index (χ2v) is 8.95. The highest BCUT2D eigenvalue weighted by atomic mass is 32.2. The van der Waals surface area contributed by atoms with E-state index < -0.39 is 9.84 Å². The van der Waals surface area contributed by atoms with Crippen molar-refractivity contribution >= 4 is 37.8 Å². The summed E-state index contributed by atoms with van der Waals surface area (Å²) < 4.78 is 24.1. The summed E-state index contributed by atoms with van der Waals surface area (Å²) in [6.45, 7) is 4.07. The van der Waals surface area contributed by atoms with Crippen LogP contribution < -0.4 is 16.4 Å². The number of sulfone groups is 1. The van der Waals surface area contributed by atoms with Crippen LogP contribution in [-0.4, -0.2) is 33.2 Å². The number of thiophene rings is 1. The maximum absolute atomic E-state index is 12.0. The van der Waals surface area contributed by atoms with Crippen molar-refractivity contribution in [3.63, 3.8) is 0 Å². The maximum atomic E-state index is 12.0. The Morgan fingerprint density at radius 1 is 1.38 bits per heavy atom. The lowest BCUT2D eigenvalue weighted by molar-refractivity contribution is 0.0968. The molecule has 1 amide bonds. The molecule has 118 valence electrons. The van der Waals surface area contributed by atoms with Crippen LogP contribution in [0.15, 0.2) is 4.90 Å². The third-order valence-corrected chi connectivity index (χ3v) is 6.15. The molecule has 0 spiro atoms. The SMILES string of the molecule is CNC(=O)c1sc(NC(C)(C)C2CC2)c(S(C)(=O)=O)c1N. The fourth-order valence-corrected chi connectivity index (χ4v) is 5.02. The van der Waals surface area contributed by atoms with Crippen LogP contribution in [0, 0.1) is 5.92 Å². The van der Waals surface area contributed by atoms with E-state index in [0.717, 1.165) is 30.4 Å². The summed E-state index contributed by atoms with van der Waals surface area (Å²) in [7, 11) is -2.03. The smallest absolute Gasteiger partial charge is 0.263 e. The molecule has 1 aromatic rings. The predicted molar refractivity (Wildman–Crippen MR) is 85.7 cm³/mol. The van der Waals surface area contributed by atoms with Gasteiger partial charge in [-0.2, -0.15) is 0 Å². The van der Waals surface area contributed by atoms with E-state index in [1.54, 1.807) is 0 Å². The summed E-state index contributed by atoms with van der Waals surface area (Å²) >= 11 is 1.09. The normalized spacial score (nSPS) is 15.8. The third kappa shape index (κ3) is 3.16. The van der Waals surface area contributed by atoms with Crippen LogP contribution >= 0.6 is 11.3 Å².